The number of carbonyl (C=O) groups excluding carboxylic acids is 3. The van der Waals surface area contributed by atoms with Gasteiger partial charge in [0.1, 0.15) is 18.1 Å². The lowest BCUT2D eigenvalue weighted by molar-refractivity contribution is -0.143. The Labute approximate surface area is 124 Å². The molecule has 0 atom stereocenters. The molecule has 1 heterocycles. The molecule has 0 unspecified atom stereocenters. The zero-order valence-electron chi connectivity index (χ0n) is 10.9. The first-order valence-electron chi connectivity index (χ1n) is 5.79. The summed E-state index contributed by atoms with van der Waals surface area (Å²) in [5.74, 6) is -2.14. The Morgan fingerprint density at radius 1 is 1.48 bits per heavy atom. The van der Waals surface area contributed by atoms with Gasteiger partial charge in [-0.05, 0) is 18.2 Å². The Bertz CT molecular complexity index is 639. The molecule has 3 amide bonds. The summed E-state index contributed by atoms with van der Waals surface area (Å²) in [7, 11) is 1.14. The molecule has 2 rings (SSSR count). The number of esters is 1. The first kappa shape index (κ1) is 15.0. The highest BCUT2D eigenvalue weighted by Gasteiger charge is 2.35. The Kier molecular flexibility index (Phi) is 4.23. The fraction of sp³-hybridized carbons (Fsp3) is 0.154. The van der Waals surface area contributed by atoms with Gasteiger partial charge in [-0.1, -0.05) is 17.7 Å². The monoisotopic (exact) mass is 312 g/mol. The second-order valence-corrected chi connectivity index (χ2v) is 4.50. The minimum absolute atomic E-state index is 0.0252. The number of hydrogen-bond donors (Lipinski definition) is 1. The van der Waals surface area contributed by atoms with E-state index in [-0.39, 0.29) is 16.3 Å². The van der Waals surface area contributed by atoms with Crippen LogP contribution in [0.25, 0.3) is 6.08 Å². The van der Waals surface area contributed by atoms with Crippen molar-refractivity contribution in [1.29, 1.82) is 0 Å². The number of halogens is 2. The van der Waals surface area contributed by atoms with Crippen LogP contribution in [0.2, 0.25) is 5.02 Å². The van der Waals surface area contributed by atoms with Crippen molar-refractivity contribution in [3.8, 4) is 0 Å². The molecule has 0 spiro atoms. The zero-order chi connectivity index (χ0) is 15.6. The van der Waals surface area contributed by atoms with Gasteiger partial charge in [0.15, 0.2) is 0 Å². The fourth-order valence-electron chi connectivity index (χ4n) is 1.70. The maximum Gasteiger partial charge on any atom is 0.329 e. The second kappa shape index (κ2) is 5.92. The van der Waals surface area contributed by atoms with Crippen LogP contribution in [-0.2, 0) is 14.3 Å². The van der Waals surface area contributed by atoms with Gasteiger partial charge >= 0.3 is 12.0 Å². The Morgan fingerprint density at radius 3 is 2.81 bits per heavy atom. The summed E-state index contributed by atoms with van der Waals surface area (Å²) in [6, 6.07) is 3.25. The molecule has 1 aromatic carbocycles. The van der Waals surface area contributed by atoms with Crippen molar-refractivity contribution in [1.82, 2.24) is 10.2 Å². The average molecular weight is 313 g/mol. The number of nitrogens with zero attached hydrogens (tertiary/aromatic N) is 1. The molecule has 21 heavy (non-hydrogen) atoms. The van der Waals surface area contributed by atoms with E-state index in [2.05, 4.69) is 10.1 Å². The number of hydrogen-bond acceptors (Lipinski definition) is 4. The van der Waals surface area contributed by atoms with Crippen molar-refractivity contribution in [2.75, 3.05) is 13.7 Å². The molecule has 1 aromatic rings. The molecule has 6 nitrogen and oxygen atoms in total. The van der Waals surface area contributed by atoms with Crippen LogP contribution in [0, 0.1) is 5.82 Å². The van der Waals surface area contributed by atoms with E-state index in [0.29, 0.717) is 4.90 Å². The Balaban J connectivity index is 2.30. The van der Waals surface area contributed by atoms with E-state index in [4.69, 9.17) is 11.6 Å². The van der Waals surface area contributed by atoms with Crippen molar-refractivity contribution in [3.63, 3.8) is 0 Å². The van der Waals surface area contributed by atoms with Gasteiger partial charge in [-0.3, -0.25) is 9.59 Å². The number of imide groups is 1. The normalized spacial score (nSPS) is 16.3. The molecule has 0 radical (unpaired) electrons. The third-order valence-electron chi connectivity index (χ3n) is 2.77. The minimum Gasteiger partial charge on any atom is -0.468 e. The lowest BCUT2D eigenvalue weighted by atomic mass is 10.1. The van der Waals surface area contributed by atoms with Crippen molar-refractivity contribution >= 4 is 35.6 Å². The van der Waals surface area contributed by atoms with Gasteiger partial charge in [0.25, 0.3) is 5.91 Å². The molecule has 110 valence electrons. The van der Waals surface area contributed by atoms with Gasteiger partial charge in [0, 0.05) is 5.56 Å². The lowest BCUT2D eigenvalue weighted by Crippen LogP contribution is -2.36. The highest BCUT2D eigenvalue weighted by molar-refractivity contribution is 6.32. The zero-order valence-corrected chi connectivity index (χ0v) is 11.6. The highest BCUT2D eigenvalue weighted by Crippen LogP contribution is 2.23. The van der Waals surface area contributed by atoms with Crippen LogP contribution in [0.1, 0.15) is 5.56 Å². The second-order valence-electron chi connectivity index (χ2n) is 4.09. The fourth-order valence-corrected chi connectivity index (χ4v) is 1.92. The number of carbonyl (C=O) groups is 3. The maximum atomic E-state index is 13.6. The van der Waals surface area contributed by atoms with E-state index in [1.807, 2.05) is 0 Å². The quantitative estimate of drug-likeness (QED) is 0.522. The summed E-state index contributed by atoms with van der Waals surface area (Å²) >= 11 is 5.84. The molecule has 1 saturated heterocycles. The molecule has 0 aromatic heterocycles. The summed E-state index contributed by atoms with van der Waals surface area (Å²) in [6.45, 7) is -0.524. The predicted molar refractivity (Wildman–Crippen MR) is 71.6 cm³/mol. The van der Waals surface area contributed by atoms with E-state index >= 15 is 0 Å². The molecule has 1 aliphatic rings. The lowest BCUT2D eigenvalue weighted by Gasteiger charge is -2.09. The summed E-state index contributed by atoms with van der Waals surface area (Å²) in [5, 5.41) is 2.35. The summed E-state index contributed by atoms with van der Waals surface area (Å²) < 4.78 is 18.0. The van der Waals surface area contributed by atoms with E-state index in [1.54, 1.807) is 0 Å². The van der Waals surface area contributed by atoms with E-state index in [0.717, 1.165) is 13.2 Å². The number of nitrogens with one attached hydrogen (secondary N) is 1. The summed E-state index contributed by atoms with van der Waals surface area (Å²) in [5.41, 5.74) is -0.196. The number of amides is 3. The molecule has 1 fully saturated rings. The van der Waals surface area contributed by atoms with Gasteiger partial charge in [0.05, 0.1) is 12.1 Å². The summed E-state index contributed by atoms with van der Waals surface area (Å²) in [4.78, 5) is 35.4. The largest absolute Gasteiger partial charge is 0.468 e. The number of methoxy groups -OCH3 is 1. The Hall–Kier alpha value is -2.41. The summed E-state index contributed by atoms with van der Waals surface area (Å²) in [6.07, 6.45) is 1.12. The molecule has 0 saturated carbocycles. The molecule has 8 heteroatoms. The first-order valence-corrected chi connectivity index (χ1v) is 6.17. The topological polar surface area (TPSA) is 75.7 Å². The third-order valence-corrected chi connectivity index (χ3v) is 3.10. The van der Waals surface area contributed by atoms with Crippen molar-refractivity contribution in [2.45, 2.75) is 0 Å². The maximum absolute atomic E-state index is 13.6. The molecular weight excluding hydrogens is 303 g/mol. The Morgan fingerprint density at radius 2 is 2.19 bits per heavy atom. The van der Waals surface area contributed by atoms with Crippen LogP contribution in [0.3, 0.4) is 0 Å². The van der Waals surface area contributed by atoms with Gasteiger partial charge in [-0.2, -0.15) is 0 Å². The molecular formula is C13H10ClFN2O4. The van der Waals surface area contributed by atoms with Crippen molar-refractivity contribution in [2.24, 2.45) is 0 Å². The van der Waals surface area contributed by atoms with E-state index in [1.165, 1.54) is 18.2 Å². The number of urea groups is 1. The third kappa shape index (κ3) is 3.03. The van der Waals surface area contributed by atoms with Crippen LogP contribution in [0.4, 0.5) is 9.18 Å². The van der Waals surface area contributed by atoms with Crippen LogP contribution in [-0.4, -0.2) is 36.5 Å². The van der Waals surface area contributed by atoms with Gasteiger partial charge < -0.3 is 10.1 Å². The highest BCUT2D eigenvalue weighted by atomic mass is 35.5. The molecule has 1 aliphatic heterocycles. The van der Waals surface area contributed by atoms with Gasteiger partial charge in [0.2, 0.25) is 0 Å². The standard InChI is InChI=1S/C13H10ClFN2O4/c1-21-11(18)6-17-12(19)10(16-13(17)20)5-7-8(14)3-2-4-9(7)15/h2-5H,6H2,1H3,(H,16,20). The van der Waals surface area contributed by atoms with Crippen LogP contribution >= 0.6 is 11.6 Å². The van der Waals surface area contributed by atoms with Gasteiger partial charge in [-0.25, -0.2) is 14.1 Å². The molecule has 0 aliphatic carbocycles. The molecule has 1 N–H and O–H groups in total. The average Bonchev–Trinajstić information content (AvgIpc) is 2.70. The van der Waals surface area contributed by atoms with E-state index < -0.39 is 30.3 Å². The minimum atomic E-state index is -0.788. The number of ether oxygens (including phenoxy) is 1. The predicted octanol–water partition coefficient (Wildman–Crippen LogP) is 1.54. The van der Waals surface area contributed by atoms with Crippen molar-refractivity contribution < 1.29 is 23.5 Å². The SMILES string of the molecule is COC(=O)CN1C(=O)NC(=Cc2c(F)cccc2Cl)C1=O. The number of rotatable bonds is 3. The van der Waals surface area contributed by atoms with E-state index in [9.17, 15) is 18.8 Å². The van der Waals surface area contributed by atoms with Crippen LogP contribution < -0.4 is 5.32 Å². The van der Waals surface area contributed by atoms with Crippen molar-refractivity contribution in [3.05, 3.63) is 40.3 Å². The molecule has 0 bridgehead atoms. The van der Waals surface area contributed by atoms with Crippen LogP contribution in [0.5, 0.6) is 0 Å². The number of benzene rings is 1. The van der Waals surface area contributed by atoms with Gasteiger partial charge in [-0.15, -0.1) is 0 Å². The van der Waals surface area contributed by atoms with Crippen LogP contribution in [0.15, 0.2) is 23.9 Å². The smallest absolute Gasteiger partial charge is 0.329 e. The first-order chi connectivity index (χ1) is 9.93.